The van der Waals surface area contributed by atoms with Crippen LogP contribution in [0.4, 0.5) is 5.69 Å². The fourth-order valence-electron chi connectivity index (χ4n) is 3.35. The molecule has 1 aliphatic rings. The Morgan fingerprint density at radius 1 is 1.26 bits per heavy atom. The normalized spacial score (nSPS) is 17.2. The number of para-hydroxylation sites is 1. The second-order valence-corrected chi connectivity index (χ2v) is 9.88. The lowest BCUT2D eigenvalue weighted by Gasteiger charge is -2.28. The number of carboxylic acids is 1. The van der Waals surface area contributed by atoms with Gasteiger partial charge < -0.3 is 10.4 Å². The summed E-state index contributed by atoms with van der Waals surface area (Å²) in [6, 6.07) is 11.1. The molecular weight excluding hydrogens is 473 g/mol. The van der Waals surface area contributed by atoms with Crippen LogP contribution in [0.15, 0.2) is 50.3 Å². The van der Waals surface area contributed by atoms with Crippen LogP contribution in [0.1, 0.15) is 38.8 Å². The number of hydrogen-bond donors (Lipinski definition) is 3. The van der Waals surface area contributed by atoms with Crippen molar-refractivity contribution in [1.29, 1.82) is 0 Å². The number of aryl methyl sites for hydroxylation is 1. The van der Waals surface area contributed by atoms with Crippen LogP contribution in [0, 0.1) is 6.92 Å². The average Bonchev–Trinajstić information content (AvgIpc) is 2.64. The molecule has 2 aromatic carbocycles. The standard InChI is InChI=1S/C21H22INO3S/c1-3-27-12-17(22)19(24)16-11-13(2)10-14(20(16)27)8-9-23-18-7-5-4-6-15(18)21(25)26/h4-7,10-12,23,27H,3,8-9H2,1-2H3,(H,25,26). The van der Waals surface area contributed by atoms with Gasteiger partial charge in [0, 0.05) is 22.7 Å². The van der Waals surface area contributed by atoms with Crippen molar-refractivity contribution in [2.45, 2.75) is 25.2 Å². The molecule has 1 atom stereocenters. The van der Waals surface area contributed by atoms with E-state index >= 15 is 0 Å². The lowest BCUT2D eigenvalue weighted by Crippen LogP contribution is -2.14. The van der Waals surface area contributed by atoms with Crippen LogP contribution >= 0.6 is 33.5 Å². The monoisotopic (exact) mass is 495 g/mol. The first-order chi connectivity index (χ1) is 12.9. The van der Waals surface area contributed by atoms with Gasteiger partial charge in [0.05, 0.1) is 9.14 Å². The SMILES string of the molecule is CC[SH]1C=C(I)C(=O)c2cc(C)cc(CCNc3ccccc3C(=O)O)c21. The number of halogens is 1. The van der Waals surface area contributed by atoms with E-state index in [-0.39, 0.29) is 11.3 Å². The van der Waals surface area contributed by atoms with E-state index in [0.29, 0.717) is 12.2 Å². The highest BCUT2D eigenvalue weighted by Gasteiger charge is 2.25. The van der Waals surface area contributed by atoms with E-state index in [9.17, 15) is 14.7 Å². The Balaban J connectivity index is 1.86. The summed E-state index contributed by atoms with van der Waals surface area (Å²) in [5.41, 5.74) is 4.00. The number of carbonyl (C=O) groups excluding carboxylic acids is 1. The lowest BCUT2D eigenvalue weighted by atomic mass is 10.0. The van der Waals surface area contributed by atoms with Gasteiger partial charge >= 0.3 is 5.97 Å². The zero-order valence-electron chi connectivity index (χ0n) is 15.3. The molecule has 0 radical (unpaired) electrons. The number of thiol groups is 1. The number of allylic oxidation sites excluding steroid dienone is 1. The number of ketones is 1. The van der Waals surface area contributed by atoms with Crippen molar-refractivity contribution in [3.63, 3.8) is 0 Å². The van der Waals surface area contributed by atoms with Crippen molar-refractivity contribution in [2.75, 3.05) is 17.6 Å². The maximum Gasteiger partial charge on any atom is 0.337 e. The number of hydrogen-bond acceptors (Lipinski definition) is 3. The zero-order valence-corrected chi connectivity index (χ0v) is 18.3. The van der Waals surface area contributed by atoms with Crippen LogP contribution in [0.2, 0.25) is 0 Å². The summed E-state index contributed by atoms with van der Waals surface area (Å²) in [6.07, 6.45) is 0.745. The van der Waals surface area contributed by atoms with Crippen LogP contribution in [0.25, 0.3) is 0 Å². The van der Waals surface area contributed by atoms with Crippen molar-refractivity contribution in [2.24, 2.45) is 0 Å². The van der Waals surface area contributed by atoms with E-state index < -0.39 is 16.9 Å². The zero-order chi connectivity index (χ0) is 19.6. The number of fused-ring (bicyclic) bond motifs is 1. The molecule has 0 saturated heterocycles. The van der Waals surface area contributed by atoms with Gasteiger partial charge in [0.1, 0.15) is 0 Å². The molecule has 0 fully saturated rings. The van der Waals surface area contributed by atoms with E-state index in [2.05, 4.69) is 46.3 Å². The molecule has 0 saturated carbocycles. The largest absolute Gasteiger partial charge is 0.478 e. The van der Waals surface area contributed by atoms with E-state index in [0.717, 1.165) is 26.9 Å². The van der Waals surface area contributed by atoms with Gasteiger partial charge in [-0.1, -0.05) is 30.7 Å². The molecule has 1 heterocycles. The number of aromatic carboxylic acids is 1. The number of carbonyl (C=O) groups is 2. The summed E-state index contributed by atoms with van der Waals surface area (Å²) < 4.78 is 0.818. The number of Topliss-reactive ketones (excluding diaryl/α,β-unsaturated/α-hetero) is 1. The Morgan fingerprint density at radius 3 is 2.70 bits per heavy atom. The Bertz CT molecular complexity index is 939. The summed E-state index contributed by atoms with van der Waals surface area (Å²) in [6.45, 7) is 4.79. The highest BCUT2D eigenvalue weighted by Crippen LogP contribution is 2.48. The molecule has 27 heavy (non-hydrogen) atoms. The van der Waals surface area contributed by atoms with Gasteiger partial charge in [-0.15, -0.1) is 0 Å². The molecule has 2 N–H and O–H groups in total. The van der Waals surface area contributed by atoms with Crippen molar-refractivity contribution in [1.82, 2.24) is 0 Å². The van der Waals surface area contributed by atoms with Crippen LogP contribution in [-0.4, -0.2) is 29.2 Å². The third kappa shape index (κ3) is 4.21. The maximum absolute atomic E-state index is 12.7. The molecule has 1 aliphatic heterocycles. The molecule has 0 bridgehead atoms. The summed E-state index contributed by atoms with van der Waals surface area (Å²) in [4.78, 5) is 25.2. The first-order valence-corrected chi connectivity index (χ1v) is 11.5. The van der Waals surface area contributed by atoms with Crippen molar-refractivity contribution in [3.05, 3.63) is 67.6 Å². The van der Waals surface area contributed by atoms with Gasteiger partial charge in [-0.2, -0.15) is 0 Å². The van der Waals surface area contributed by atoms with E-state index in [1.807, 2.05) is 19.1 Å². The second kappa shape index (κ2) is 8.48. The van der Waals surface area contributed by atoms with E-state index in [4.69, 9.17) is 0 Å². The molecule has 4 nitrogen and oxygen atoms in total. The van der Waals surface area contributed by atoms with E-state index in [1.165, 1.54) is 10.5 Å². The second-order valence-electron chi connectivity index (χ2n) is 6.44. The van der Waals surface area contributed by atoms with Crippen LogP contribution in [-0.2, 0) is 6.42 Å². The maximum atomic E-state index is 12.7. The number of carboxylic acid groups (broad SMARTS) is 1. The number of benzene rings is 2. The molecule has 6 heteroatoms. The molecule has 0 aliphatic carbocycles. The van der Waals surface area contributed by atoms with Gasteiger partial charge in [0.15, 0.2) is 0 Å². The third-order valence-electron chi connectivity index (χ3n) is 4.56. The summed E-state index contributed by atoms with van der Waals surface area (Å²) in [5, 5.41) is 14.7. The molecule has 0 spiro atoms. The Morgan fingerprint density at radius 2 is 2.00 bits per heavy atom. The minimum Gasteiger partial charge on any atom is -0.478 e. The molecular formula is C21H22INO3S. The van der Waals surface area contributed by atoms with Gasteiger partial charge in [0.25, 0.3) is 0 Å². The predicted molar refractivity (Wildman–Crippen MR) is 121 cm³/mol. The highest BCUT2D eigenvalue weighted by molar-refractivity contribution is 14.1. The first-order valence-electron chi connectivity index (χ1n) is 8.80. The minimum atomic E-state index is -0.939. The summed E-state index contributed by atoms with van der Waals surface area (Å²) >= 11 is 2.15. The first kappa shape index (κ1) is 19.9. The Kier molecular flexibility index (Phi) is 6.26. The van der Waals surface area contributed by atoms with Gasteiger partial charge in [-0.25, -0.2) is 15.7 Å². The van der Waals surface area contributed by atoms with Gasteiger partial charge in [-0.3, -0.25) is 4.79 Å². The van der Waals surface area contributed by atoms with Crippen LogP contribution in [0.3, 0.4) is 0 Å². The molecule has 1 unspecified atom stereocenters. The topological polar surface area (TPSA) is 66.4 Å². The molecule has 3 rings (SSSR count). The van der Waals surface area contributed by atoms with Crippen molar-refractivity contribution in [3.8, 4) is 0 Å². The number of nitrogens with one attached hydrogen (secondary N) is 1. The molecule has 142 valence electrons. The predicted octanol–water partition coefficient (Wildman–Crippen LogP) is 5.20. The molecule has 0 aromatic heterocycles. The number of anilines is 1. The Labute approximate surface area is 175 Å². The smallest absolute Gasteiger partial charge is 0.337 e. The minimum absolute atomic E-state index is 0.118. The molecule has 0 amide bonds. The van der Waals surface area contributed by atoms with Crippen molar-refractivity contribution < 1.29 is 14.7 Å². The lowest BCUT2D eigenvalue weighted by molar-refractivity contribution is 0.0697. The van der Waals surface area contributed by atoms with Crippen molar-refractivity contribution >= 4 is 50.9 Å². The average molecular weight is 495 g/mol. The number of rotatable bonds is 6. The van der Waals surface area contributed by atoms with Gasteiger partial charge in [0.2, 0.25) is 5.78 Å². The van der Waals surface area contributed by atoms with E-state index in [1.54, 1.807) is 18.2 Å². The van der Waals surface area contributed by atoms with Crippen LogP contribution in [0.5, 0.6) is 0 Å². The Hall–Kier alpha value is -1.80. The summed E-state index contributed by atoms with van der Waals surface area (Å²) in [7, 11) is -0.484. The fraction of sp³-hybridized carbons (Fsp3) is 0.238. The highest BCUT2D eigenvalue weighted by atomic mass is 127. The summed E-state index contributed by atoms with van der Waals surface area (Å²) in [5.74, 6) is 0.186. The third-order valence-corrected chi connectivity index (χ3v) is 8.21. The van der Waals surface area contributed by atoms with Gasteiger partial charge in [-0.05, 0) is 70.9 Å². The fourth-order valence-corrected chi connectivity index (χ4v) is 6.69. The quantitative estimate of drug-likeness (QED) is 0.381. The molecule has 2 aromatic rings. The van der Waals surface area contributed by atoms with Crippen LogP contribution < -0.4 is 5.32 Å².